The fourth-order valence-electron chi connectivity index (χ4n) is 5.63. The first-order valence-corrected chi connectivity index (χ1v) is 15.7. The van der Waals surface area contributed by atoms with Crippen LogP contribution in [0.4, 0.5) is 16.2 Å². The first-order valence-electron chi connectivity index (χ1n) is 15.7. The van der Waals surface area contributed by atoms with Gasteiger partial charge in [0.2, 0.25) is 11.8 Å². The Labute approximate surface area is 270 Å². The Morgan fingerprint density at radius 2 is 1.70 bits per heavy atom. The molecule has 3 aromatic rings. The number of alkyl carbamates (subject to hydrolysis) is 1. The summed E-state index contributed by atoms with van der Waals surface area (Å²) in [5.74, 6) is -0.497. The fraction of sp³-hybridized carbons (Fsp3) is 0.389. The summed E-state index contributed by atoms with van der Waals surface area (Å²) in [5, 5.41) is 9.00. The Kier molecular flexibility index (Phi) is 9.65. The van der Waals surface area contributed by atoms with Crippen LogP contribution >= 0.6 is 0 Å². The number of nitrogens with one attached hydrogen (secondary N) is 3. The van der Waals surface area contributed by atoms with E-state index in [0.29, 0.717) is 38.6 Å². The van der Waals surface area contributed by atoms with E-state index in [9.17, 15) is 14.4 Å². The molecule has 0 saturated heterocycles. The number of para-hydroxylation sites is 2. The Morgan fingerprint density at radius 3 is 2.41 bits per heavy atom. The van der Waals surface area contributed by atoms with Gasteiger partial charge in [-0.25, -0.2) is 9.79 Å². The molecule has 1 atom stereocenters. The van der Waals surface area contributed by atoms with E-state index >= 15 is 0 Å². The van der Waals surface area contributed by atoms with E-state index in [0.717, 1.165) is 33.6 Å². The molecule has 0 unspecified atom stereocenters. The van der Waals surface area contributed by atoms with Gasteiger partial charge in [-0.15, -0.1) is 0 Å². The average Bonchev–Trinajstić information content (AvgIpc) is 3.46. The third-order valence-corrected chi connectivity index (χ3v) is 7.69. The largest absolute Gasteiger partial charge is 0.463 e. The number of anilines is 2. The molecule has 3 N–H and O–H groups in total. The van der Waals surface area contributed by atoms with E-state index in [1.165, 1.54) is 0 Å². The first kappa shape index (κ1) is 32.5. The van der Waals surface area contributed by atoms with Gasteiger partial charge in [0, 0.05) is 23.2 Å². The van der Waals surface area contributed by atoms with E-state index in [1.54, 1.807) is 39.5 Å². The highest BCUT2D eigenvalue weighted by Crippen LogP contribution is 2.31. The van der Waals surface area contributed by atoms with Gasteiger partial charge in [0.05, 0.1) is 18.8 Å². The van der Waals surface area contributed by atoms with Crippen molar-refractivity contribution in [1.29, 1.82) is 0 Å². The highest BCUT2D eigenvalue weighted by Gasteiger charge is 2.33. The number of amides is 3. The van der Waals surface area contributed by atoms with Crippen molar-refractivity contribution < 1.29 is 23.9 Å². The van der Waals surface area contributed by atoms with Crippen LogP contribution in [0.5, 0.6) is 0 Å². The number of benzene rings is 3. The minimum atomic E-state index is -0.879. The van der Waals surface area contributed by atoms with Crippen molar-refractivity contribution in [3.8, 4) is 11.1 Å². The lowest BCUT2D eigenvalue weighted by Gasteiger charge is -2.29. The Morgan fingerprint density at radius 1 is 0.978 bits per heavy atom. The van der Waals surface area contributed by atoms with Crippen LogP contribution in [-0.2, 0) is 32.0 Å². The van der Waals surface area contributed by atoms with Crippen LogP contribution in [-0.4, -0.2) is 54.3 Å². The number of amidine groups is 1. The maximum atomic E-state index is 14.0. The van der Waals surface area contributed by atoms with Gasteiger partial charge in [0.1, 0.15) is 18.2 Å². The molecule has 0 spiro atoms. The maximum Gasteiger partial charge on any atom is 0.408 e. The normalized spacial score (nSPS) is 16.5. The summed E-state index contributed by atoms with van der Waals surface area (Å²) in [6.45, 7) is 10.4. The lowest BCUT2D eigenvalue weighted by Crippen LogP contribution is -2.52. The lowest BCUT2D eigenvalue weighted by molar-refractivity contribution is -0.128. The van der Waals surface area contributed by atoms with Crippen LogP contribution < -0.4 is 20.9 Å². The van der Waals surface area contributed by atoms with Gasteiger partial charge in [0.25, 0.3) is 6.02 Å². The molecule has 0 fully saturated rings. The van der Waals surface area contributed by atoms with E-state index in [4.69, 9.17) is 9.47 Å². The minimum Gasteiger partial charge on any atom is -0.463 e. The summed E-state index contributed by atoms with van der Waals surface area (Å²) in [5.41, 5.74) is 4.23. The van der Waals surface area contributed by atoms with E-state index in [-0.39, 0.29) is 18.2 Å². The van der Waals surface area contributed by atoms with Crippen molar-refractivity contribution in [2.75, 3.05) is 23.4 Å². The van der Waals surface area contributed by atoms with Gasteiger partial charge < -0.3 is 30.3 Å². The molecule has 0 saturated carbocycles. The van der Waals surface area contributed by atoms with Gasteiger partial charge in [-0.3, -0.25) is 9.59 Å². The van der Waals surface area contributed by atoms with Crippen LogP contribution in [0.3, 0.4) is 0 Å². The lowest BCUT2D eigenvalue weighted by atomic mass is 9.99. The molecular formula is C36H43N5O5. The van der Waals surface area contributed by atoms with Crippen molar-refractivity contribution in [3.63, 3.8) is 0 Å². The number of aliphatic imine (C=N–C) groups is 1. The number of carbonyl (C=O) groups is 3. The summed E-state index contributed by atoms with van der Waals surface area (Å²) in [6, 6.07) is 23.8. The summed E-state index contributed by atoms with van der Waals surface area (Å²) >= 11 is 0. The van der Waals surface area contributed by atoms with E-state index in [1.807, 2.05) is 72.8 Å². The molecule has 0 aromatic heterocycles. The molecule has 0 aliphatic carbocycles. The average molecular weight is 626 g/mol. The van der Waals surface area contributed by atoms with Crippen molar-refractivity contribution in [2.45, 2.75) is 77.6 Å². The monoisotopic (exact) mass is 625 g/mol. The van der Waals surface area contributed by atoms with Gasteiger partial charge in [0.15, 0.2) is 0 Å². The molecule has 2 heterocycles. The van der Waals surface area contributed by atoms with Gasteiger partial charge in [-0.1, -0.05) is 60.7 Å². The summed E-state index contributed by atoms with van der Waals surface area (Å²) < 4.78 is 10.9. The first-order chi connectivity index (χ1) is 21.9. The maximum absolute atomic E-state index is 14.0. The summed E-state index contributed by atoms with van der Waals surface area (Å²) in [7, 11) is 0. The zero-order valence-electron chi connectivity index (χ0n) is 27.2. The third kappa shape index (κ3) is 8.44. The molecule has 242 valence electrons. The summed E-state index contributed by atoms with van der Waals surface area (Å²) in [4.78, 5) is 45.7. The molecule has 5 rings (SSSR count). The molecule has 2 aliphatic heterocycles. The van der Waals surface area contributed by atoms with Gasteiger partial charge in [-0.05, 0) is 76.3 Å². The van der Waals surface area contributed by atoms with Crippen LogP contribution in [0.25, 0.3) is 11.1 Å². The number of rotatable bonds is 8. The second kappa shape index (κ2) is 13.6. The Bertz CT molecular complexity index is 1610. The molecular weight excluding hydrogens is 582 g/mol. The number of fused-ring (bicyclic) bond motifs is 1. The van der Waals surface area contributed by atoms with Crippen molar-refractivity contribution >= 4 is 35.3 Å². The molecule has 10 nitrogen and oxygen atoms in total. The highest BCUT2D eigenvalue weighted by atomic mass is 16.6. The van der Waals surface area contributed by atoms with E-state index < -0.39 is 23.3 Å². The summed E-state index contributed by atoms with van der Waals surface area (Å²) in [6.07, 6.45) is 0.497. The SMILES string of the molecule is CC(C)(CC(=O)N[C@@H]1CCc2ccccc2N(Cc2ccc(-c3ccccc3NC3=NCCO3)cc2)C1=O)NC(=O)OC(C)(C)C. The Hall–Kier alpha value is -4.86. The molecule has 0 radical (unpaired) electrons. The molecule has 46 heavy (non-hydrogen) atoms. The van der Waals surface area contributed by atoms with Crippen LogP contribution in [0.2, 0.25) is 0 Å². The zero-order chi connectivity index (χ0) is 32.9. The van der Waals surface area contributed by atoms with Crippen molar-refractivity contribution in [1.82, 2.24) is 10.6 Å². The standard InChI is InChI=1S/C36H43N5O5/c1-35(2,3)46-34(44)40-36(4,5)22-31(42)38-29-19-18-26-10-6-9-13-30(26)41(32(29)43)23-24-14-16-25(17-15-24)27-11-7-8-12-28(27)39-33-37-20-21-45-33/h6-17,29H,18-23H2,1-5H3,(H,37,39)(H,38,42)(H,40,44)/t29-/m1/s1. The number of ether oxygens (including phenoxy) is 2. The molecule has 0 bridgehead atoms. The number of nitrogens with zero attached hydrogens (tertiary/aromatic N) is 2. The second-order valence-electron chi connectivity index (χ2n) is 13.3. The van der Waals surface area contributed by atoms with E-state index in [2.05, 4.69) is 20.9 Å². The van der Waals surface area contributed by atoms with Gasteiger partial charge in [-0.2, -0.15) is 0 Å². The third-order valence-electron chi connectivity index (χ3n) is 7.69. The van der Waals surface area contributed by atoms with Crippen molar-refractivity contribution in [3.05, 3.63) is 83.9 Å². The molecule has 3 aromatic carbocycles. The van der Waals surface area contributed by atoms with Gasteiger partial charge >= 0.3 is 6.09 Å². The van der Waals surface area contributed by atoms with Crippen molar-refractivity contribution in [2.24, 2.45) is 4.99 Å². The number of hydrogen-bond acceptors (Lipinski definition) is 7. The predicted octanol–water partition coefficient (Wildman–Crippen LogP) is 5.81. The number of hydrogen-bond donors (Lipinski definition) is 3. The zero-order valence-corrected chi connectivity index (χ0v) is 27.2. The predicted molar refractivity (Wildman–Crippen MR) is 180 cm³/mol. The minimum absolute atomic E-state index is 0.0137. The molecule has 10 heteroatoms. The smallest absolute Gasteiger partial charge is 0.408 e. The quantitative estimate of drug-likeness (QED) is 0.291. The van der Waals surface area contributed by atoms with Crippen LogP contribution in [0, 0.1) is 0 Å². The topological polar surface area (TPSA) is 121 Å². The molecule has 2 aliphatic rings. The number of aryl methyl sites for hydroxylation is 1. The van der Waals surface area contributed by atoms with Crippen LogP contribution in [0.15, 0.2) is 77.8 Å². The molecule has 3 amide bonds. The highest BCUT2D eigenvalue weighted by molar-refractivity contribution is 6.00. The van der Waals surface area contributed by atoms with Crippen LogP contribution in [0.1, 0.15) is 58.6 Å². The fourth-order valence-corrected chi connectivity index (χ4v) is 5.63. The second-order valence-corrected chi connectivity index (χ2v) is 13.3. The Balaban J connectivity index is 1.30. The number of carbonyl (C=O) groups excluding carboxylic acids is 3.